The van der Waals surface area contributed by atoms with Crippen molar-refractivity contribution >= 4 is 28.3 Å². The molecule has 1 N–H and O–H groups in total. The van der Waals surface area contributed by atoms with Gasteiger partial charge in [0.25, 0.3) is 5.56 Å². The molecule has 0 saturated carbocycles. The third-order valence-electron chi connectivity index (χ3n) is 6.57. The van der Waals surface area contributed by atoms with Crippen LogP contribution in [0.5, 0.6) is 0 Å². The zero-order chi connectivity index (χ0) is 26.2. The summed E-state index contributed by atoms with van der Waals surface area (Å²) < 4.78 is 1.41. The minimum absolute atomic E-state index is 0.147. The number of aliphatic carboxylic acids is 1. The summed E-state index contributed by atoms with van der Waals surface area (Å²) in [5, 5.41) is 16.4. The van der Waals surface area contributed by atoms with Gasteiger partial charge in [-0.1, -0.05) is 78.7 Å². The highest BCUT2D eigenvalue weighted by atomic mass is 35.5. The first-order chi connectivity index (χ1) is 17.9. The molecule has 0 saturated heterocycles. The highest BCUT2D eigenvalue weighted by Crippen LogP contribution is 2.23. The number of carboxylic acid groups (broad SMARTS) is 1. The van der Waals surface area contributed by atoms with Gasteiger partial charge < -0.3 is 10.0 Å². The van der Waals surface area contributed by atoms with Gasteiger partial charge in [0.1, 0.15) is 0 Å². The molecule has 0 aliphatic heterocycles. The standard InChI is InChI=1S/C30H32ClN3O3/c1-33(21-23-9-3-2-4-10-23)18-8-7-11-25(20-29(35)36)34-30(37)27-13-6-5-12-26(27)28(32-34)19-22-14-16-24(31)17-15-22/h2-6,9-10,12-17,25H,7-8,11,18-21H2,1H3,(H,35,36). The molecule has 0 amide bonds. The number of hydrogen-bond donors (Lipinski definition) is 1. The van der Waals surface area contributed by atoms with E-state index < -0.39 is 12.0 Å². The van der Waals surface area contributed by atoms with Crippen LogP contribution in [0, 0.1) is 0 Å². The van der Waals surface area contributed by atoms with Crippen LogP contribution in [0.3, 0.4) is 0 Å². The Morgan fingerprint density at radius 3 is 2.32 bits per heavy atom. The zero-order valence-corrected chi connectivity index (χ0v) is 21.8. The molecule has 7 heteroatoms. The Morgan fingerprint density at radius 2 is 1.62 bits per heavy atom. The van der Waals surface area contributed by atoms with Crippen LogP contribution < -0.4 is 5.56 Å². The van der Waals surface area contributed by atoms with Crippen molar-refractivity contribution in [3.8, 4) is 0 Å². The highest BCUT2D eigenvalue weighted by Gasteiger charge is 2.21. The van der Waals surface area contributed by atoms with E-state index >= 15 is 0 Å². The van der Waals surface area contributed by atoms with Crippen molar-refractivity contribution in [2.24, 2.45) is 0 Å². The summed E-state index contributed by atoms with van der Waals surface area (Å²) >= 11 is 6.05. The Bertz CT molecular complexity index is 1390. The van der Waals surface area contributed by atoms with Crippen LogP contribution in [0.2, 0.25) is 5.02 Å². The summed E-state index contributed by atoms with van der Waals surface area (Å²) in [5.74, 6) is -0.938. The molecule has 3 aromatic carbocycles. The van der Waals surface area contributed by atoms with Gasteiger partial charge >= 0.3 is 5.97 Å². The third kappa shape index (κ3) is 7.28. The van der Waals surface area contributed by atoms with Crippen LogP contribution in [0.1, 0.15) is 48.5 Å². The van der Waals surface area contributed by atoms with Crippen LogP contribution >= 0.6 is 11.6 Å². The molecule has 0 radical (unpaired) electrons. The van der Waals surface area contributed by atoms with Gasteiger partial charge in [0.15, 0.2) is 0 Å². The second-order valence-electron chi connectivity index (χ2n) is 9.52. The lowest BCUT2D eigenvalue weighted by Gasteiger charge is -2.20. The number of unbranched alkanes of at least 4 members (excludes halogenated alkanes) is 1. The zero-order valence-electron chi connectivity index (χ0n) is 21.0. The molecule has 0 aliphatic carbocycles. The van der Waals surface area contributed by atoms with Gasteiger partial charge in [-0.25, -0.2) is 4.68 Å². The fourth-order valence-corrected chi connectivity index (χ4v) is 4.82. The summed E-state index contributed by atoms with van der Waals surface area (Å²) in [7, 11) is 2.08. The van der Waals surface area contributed by atoms with Crippen molar-refractivity contribution in [2.45, 2.75) is 44.7 Å². The van der Waals surface area contributed by atoms with Crippen LogP contribution in [0.4, 0.5) is 0 Å². The predicted octanol–water partition coefficient (Wildman–Crippen LogP) is 5.96. The van der Waals surface area contributed by atoms with Crippen LogP contribution in [0.25, 0.3) is 10.8 Å². The normalized spacial score (nSPS) is 12.2. The molecule has 1 unspecified atom stereocenters. The summed E-state index contributed by atoms with van der Waals surface area (Å²) in [6, 6.07) is 24.7. The third-order valence-corrected chi connectivity index (χ3v) is 6.82. The van der Waals surface area contributed by atoms with E-state index in [1.54, 1.807) is 6.07 Å². The van der Waals surface area contributed by atoms with Crippen molar-refractivity contribution in [1.82, 2.24) is 14.7 Å². The molecule has 6 nitrogen and oxygen atoms in total. The maximum absolute atomic E-state index is 13.4. The van der Waals surface area contributed by atoms with Crippen molar-refractivity contribution in [3.05, 3.63) is 111 Å². The topological polar surface area (TPSA) is 75.4 Å². The first kappa shape index (κ1) is 26.6. The number of hydrogen-bond acceptors (Lipinski definition) is 4. The quantitative estimate of drug-likeness (QED) is 0.235. The average molecular weight is 518 g/mol. The molecule has 0 bridgehead atoms. The average Bonchev–Trinajstić information content (AvgIpc) is 2.89. The fourth-order valence-electron chi connectivity index (χ4n) is 4.70. The minimum Gasteiger partial charge on any atom is -0.481 e. The Hall–Kier alpha value is -3.48. The van der Waals surface area contributed by atoms with E-state index in [0.717, 1.165) is 42.6 Å². The van der Waals surface area contributed by atoms with Crippen LogP contribution in [-0.4, -0.2) is 39.3 Å². The summed E-state index contributed by atoms with van der Waals surface area (Å²) in [6.45, 7) is 1.75. The van der Waals surface area contributed by atoms with Gasteiger partial charge in [0.2, 0.25) is 0 Å². The summed E-state index contributed by atoms with van der Waals surface area (Å²) in [5.41, 5.74) is 2.77. The molecule has 37 heavy (non-hydrogen) atoms. The van der Waals surface area contributed by atoms with Gasteiger partial charge in [-0.15, -0.1) is 0 Å². The Kier molecular flexibility index (Phi) is 9.09. The van der Waals surface area contributed by atoms with E-state index in [0.29, 0.717) is 23.3 Å². The number of aromatic nitrogens is 2. The number of fused-ring (bicyclic) bond motifs is 1. The number of carbonyl (C=O) groups is 1. The van der Waals surface area contributed by atoms with E-state index in [4.69, 9.17) is 16.7 Å². The molecule has 1 heterocycles. The summed E-state index contributed by atoms with van der Waals surface area (Å²) in [6.07, 6.45) is 2.63. The molecule has 192 valence electrons. The van der Waals surface area contributed by atoms with Gasteiger partial charge in [-0.2, -0.15) is 5.10 Å². The molecule has 1 aromatic heterocycles. The van der Waals surface area contributed by atoms with Gasteiger partial charge in [-0.3, -0.25) is 9.59 Å². The first-order valence-corrected chi connectivity index (χ1v) is 13.0. The Labute approximate surface area is 222 Å². The van der Waals surface area contributed by atoms with Gasteiger partial charge in [-0.05, 0) is 55.8 Å². The lowest BCUT2D eigenvalue weighted by molar-refractivity contribution is -0.138. The summed E-state index contributed by atoms with van der Waals surface area (Å²) in [4.78, 5) is 27.4. The van der Waals surface area contributed by atoms with E-state index in [1.165, 1.54) is 10.2 Å². The number of carboxylic acids is 1. The van der Waals surface area contributed by atoms with Gasteiger partial charge in [0, 0.05) is 23.4 Å². The van der Waals surface area contributed by atoms with Gasteiger partial charge in [0.05, 0.1) is 23.5 Å². The Balaban J connectivity index is 1.53. The molecule has 4 rings (SSSR count). The molecular weight excluding hydrogens is 486 g/mol. The largest absolute Gasteiger partial charge is 0.481 e. The number of rotatable bonds is 12. The highest BCUT2D eigenvalue weighted by molar-refractivity contribution is 6.30. The van der Waals surface area contributed by atoms with E-state index in [-0.39, 0.29) is 12.0 Å². The first-order valence-electron chi connectivity index (χ1n) is 12.6. The molecule has 1 atom stereocenters. The second kappa shape index (κ2) is 12.7. The van der Waals surface area contributed by atoms with Crippen molar-refractivity contribution in [1.29, 1.82) is 0 Å². The number of halogens is 1. The maximum atomic E-state index is 13.4. The molecule has 0 fully saturated rings. The lowest BCUT2D eigenvalue weighted by atomic mass is 10.0. The van der Waals surface area contributed by atoms with Crippen LogP contribution in [0.15, 0.2) is 83.7 Å². The van der Waals surface area contributed by atoms with Crippen molar-refractivity contribution in [3.63, 3.8) is 0 Å². The molecular formula is C30H32ClN3O3. The second-order valence-corrected chi connectivity index (χ2v) is 9.95. The lowest BCUT2D eigenvalue weighted by Crippen LogP contribution is -2.30. The minimum atomic E-state index is -0.938. The van der Waals surface area contributed by atoms with Crippen molar-refractivity contribution in [2.75, 3.05) is 13.6 Å². The molecule has 4 aromatic rings. The number of benzene rings is 3. The van der Waals surface area contributed by atoms with Crippen molar-refractivity contribution < 1.29 is 9.90 Å². The van der Waals surface area contributed by atoms with E-state index in [9.17, 15) is 14.7 Å². The van der Waals surface area contributed by atoms with E-state index in [1.807, 2.05) is 60.7 Å². The SMILES string of the molecule is CN(CCCCC(CC(=O)O)n1nc(Cc2ccc(Cl)cc2)c2ccccc2c1=O)Cc1ccccc1. The Morgan fingerprint density at radius 1 is 0.946 bits per heavy atom. The van der Waals surface area contributed by atoms with E-state index in [2.05, 4.69) is 24.1 Å². The fraction of sp³-hybridized carbons (Fsp3) is 0.300. The smallest absolute Gasteiger partial charge is 0.305 e. The predicted molar refractivity (Wildman–Crippen MR) is 148 cm³/mol. The van der Waals surface area contributed by atoms with Crippen LogP contribution in [-0.2, 0) is 17.8 Å². The molecule has 0 spiro atoms. The maximum Gasteiger partial charge on any atom is 0.305 e. The monoisotopic (exact) mass is 517 g/mol. The molecule has 0 aliphatic rings. The number of nitrogens with zero attached hydrogens (tertiary/aromatic N) is 3.